The molecule has 7 heteroatoms. The van der Waals surface area contributed by atoms with Crippen LogP contribution in [0.5, 0.6) is 0 Å². The number of esters is 1. The summed E-state index contributed by atoms with van der Waals surface area (Å²) in [6, 6.07) is 20.5. The molecule has 1 fully saturated rings. The van der Waals surface area contributed by atoms with Gasteiger partial charge in [-0.2, -0.15) is 0 Å². The second-order valence-electron chi connectivity index (χ2n) is 9.19. The second-order valence-corrected chi connectivity index (χ2v) is 9.19. The van der Waals surface area contributed by atoms with E-state index in [0.717, 1.165) is 11.1 Å². The van der Waals surface area contributed by atoms with Crippen molar-refractivity contribution in [3.63, 3.8) is 0 Å². The normalized spacial score (nSPS) is 26.7. The maximum absolute atomic E-state index is 11.8. The van der Waals surface area contributed by atoms with Crippen LogP contribution in [0.1, 0.15) is 31.4 Å². The molecule has 0 radical (unpaired) electrons. The molecule has 2 aliphatic rings. The van der Waals surface area contributed by atoms with Crippen molar-refractivity contribution < 1.29 is 23.7 Å². The Balaban J connectivity index is 1.63. The molecular weight excluding hydrogens is 432 g/mol. The number of aliphatic imine (C=N–C) groups is 1. The number of benzene rings is 2. The fourth-order valence-electron chi connectivity index (χ4n) is 4.73. The maximum Gasteiger partial charge on any atom is 0.302 e. The fourth-order valence-corrected chi connectivity index (χ4v) is 4.73. The number of rotatable bonds is 8. The number of carbonyl (C=O) groups is 1. The number of nitrogens with zero attached hydrogens (tertiary/aromatic N) is 2. The van der Waals surface area contributed by atoms with Gasteiger partial charge in [-0.05, 0) is 24.5 Å². The molecule has 1 saturated carbocycles. The van der Waals surface area contributed by atoms with E-state index >= 15 is 0 Å². The first-order valence-electron chi connectivity index (χ1n) is 11.8. The first-order chi connectivity index (χ1) is 16.4. The van der Waals surface area contributed by atoms with E-state index < -0.39 is 0 Å². The molecule has 182 valence electrons. The third-order valence-corrected chi connectivity index (χ3v) is 6.39. The lowest BCUT2D eigenvalue weighted by Crippen LogP contribution is -2.56. The summed E-state index contributed by atoms with van der Waals surface area (Å²) >= 11 is 0. The van der Waals surface area contributed by atoms with E-state index in [1.165, 1.54) is 6.92 Å². The van der Waals surface area contributed by atoms with Crippen LogP contribution >= 0.6 is 0 Å². The number of hydrogen-bond acceptors (Lipinski definition) is 7. The number of ether oxygens (including phenoxy) is 4. The van der Waals surface area contributed by atoms with Gasteiger partial charge in [-0.15, -0.1) is 0 Å². The fraction of sp³-hybridized carbons (Fsp3) is 0.481. The van der Waals surface area contributed by atoms with E-state index in [1.807, 2.05) is 86.6 Å². The van der Waals surface area contributed by atoms with Gasteiger partial charge in [0, 0.05) is 26.9 Å². The molecule has 0 bridgehead atoms. The van der Waals surface area contributed by atoms with Gasteiger partial charge in [0.25, 0.3) is 6.02 Å². The van der Waals surface area contributed by atoms with Gasteiger partial charge in [0.2, 0.25) is 0 Å². The van der Waals surface area contributed by atoms with Crippen molar-refractivity contribution in [2.75, 3.05) is 14.1 Å². The van der Waals surface area contributed by atoms with Crippen molar-refractivity contribution in [1.29, 1.82) is 0 Å². The molecule has 1 aliphatic heterocycles. The second kappa shape index (κ2) is 11.0. The molecule has 34 heavy (non-hydrogen) atoms. The third-order valence-electron chi connectivity index (χ3n) is 6.39. The monoisotopic (exact) mass is 466 g/mol. The van der Waals surface area contributed by atoms with Crippen LogP contribution < -0.4 is 0 Å². The molecular formula is C27H34N2O5. The highest BCUT2D eigenvalue weighted by molar-refractivity contribution is 5.75. The van der Waals surface area contributed by atoms with E-state index in [0.29, 0.717) is 25.7 Å². The Hall–Kier alpha value is -2.90. The number of fused-ring (bicyclic) bond motifs is 1. The van der Waals surface area contributed by atoms with E-state index in [-0.39, 0.29) is 42.3 Å². The van der Waals surface area contributed by atoms with Gasteiger partial charge in [0.1, 0.15) is 24.4 Å². The van der Waals surface area contributed by atoms with Crippen molar-refractivity contribution in [2.45, 2.75) is 63.9 Å². The van der Waals surface area contributed by atoms with Crippen LogP contribution in [0.3, 0.4) is 0 Å². The van der Waals surface area contributed by atoms with Gasteiger partial charge in [0.05, 0.1) is 19.3 Å². The smallest absolute Gasteiger partial charge is 0.302 e. The van der Waals surface area contributed by atoms with Gasteiger partial charge < -0.3 is 23.8 Å². The van der Waals surface area contributed by atoms with Crippen LogP contribution in [0.4, 0.5) is 0 Å². The number of carbonyl (C=O) groups excluding carboxylic acids is 1. The highest BCUT2D eigenvalue weighted by Gasteiger charge is 2.52. The zero-order chi connectivity index (χ0) is 24.1. The third kappa shape index (κ3) is 5.77. The quantitative estimate of drug-likeness (QED) is 0.551. The zero-order valence-corrected chi connectivity index (χ0v) is 20.3. The minimum absolute atomic E-state index is 0.105. The highest BCUT2D eigenvalue weighted by atomic mass is 16.6. The molecule has 0 unspecified atom stereocenters. The molecule has 2 aromatic carbocycles. The SMILES string of the molecule is CC(=O)O[C@H](C)[C@H]1C[C@@H]2OC(N(C)C)=N[C@@H]2[C@@H](OCc2ccccc2)[C@@H]1OCc1ccccc1. The van der Waals surface area contributed by atoms with E-state index in [4.69, 9.17) is 23.9 Å². The predicted octanol–water partition coefficient (Wildman–Crippen LogP) is 3.81. The van der Waals surface area contributed by atoms with Gasteiger partial charge >= 0.3 is 5.97 Å². The Kier molecular flexibility index (Phi) is 7.85. The summed E-state index contributed by atoms with van der Waals surface area (Å²) in [7, 11) is 3.83. The van der Waals surface area contributed by atoms with Crippen LogP contribution in [0.15, 0.2) is 65.7 Å². The molecule has 4 rings (SSSR count). The molecule has 6 atom stereocenters. The molecule has 0 aromatic heterocycles. The van der Waals surface area contributed by atoms with E-state index in [2.05, 4.69) is 0 Å². The van der Waals surface area contributed by atoms with Crippen molar-refractivity contribution in [3.8, 4) is 0 Å². The standard InChI is InChI=1S/C27H34N2O5/c1-18(33-19(2)30)22-15-23-24(28-27(34-23)29(3)4)26(32-17-21-13-9-6-10-14-21)25(22)31-16-20-11-7-5-8-12-20/h5-14,18,22-26H,15-17H2,1-4H3/t18-,22-,23+,24+,25-,26-/m1/s1. The molecule has 0 amide bonds. The number of amidine groups is 1. The van der Waals surface area contributed by atoms with E-state index in [9.17, 15) is 4.79 Å². The van der Waals surface area contributed by atoms with Crippen LogP contribution in [-0.4, -0.2) is 61.4 Å². The lowest BCUT2D eigenvalue weighted by atomic mass is 9.77. The maximum atomic E-state index is 11.8. The summed E-state index contributed by atoms with van der Waals surface area (Å²) in [4.78, 5) is 18.5. The zero-order valence-electron chi connectivity index (χ0n) is 20.3. The molecule has 1 aliphatic carbocycles. The van der Waals surface area contributed by atoms with Crippen molar-refractivity contribution in [3.05, 3.63) is 71.8 Å². The Morgan fingerprint density at radius 2 is 1.56 bits per heavy atom. The average molecular weight is 467 g/mol. The van der Waals surface area contributed by atoms with Crippen LogP contribution in [0, 0.1) is 5.92 Å². The van der Waals surface area contributed by atoms with Crippen LogP contribution in [0.25, 0.3) is 0 Å². The van der Waals surface area contributed by atoms with Crippen LogP contribution in [-0.2, 0) is 37.0 Å². The molecule has 2 aromatic rings. The average Bonchev–Trinajstić information content (AvgIpc) is 3.26. The summed E-state index contributed by atoms with van der Waals surface area (Å²) in [5.74, 6) is -0.415. The van der Waals surface area contributed by atoms with E-state index in [1.54, 1.807) is 0 Å². The Morgan fingerprint density at radius 3 is 2.09 bits per heavy atom. The molecule has 0 spiro atoms. The largest absolute Gasteiger partial charge is 0.462 e. The summed E-state index contributed by atoms with van der Waals surface area (Å²) < 4.78 is 24.9. The summed E-state index contributed by atoms with van der Waals surface area (Å²) in [6.45, 7) is 4.22. The lowest BCUT2D eigenvalue weighted by molar-refractivity contribution is -0.181. The first-order valence-corrected chi connectivity index (χ1v) is 11.8. The summed E-state index contributed by atoms with van der Waals surface area (Å²) in [5, 5.41) is 0. The minimum Gasteiger partial charge on any atom is -0.462 e. The molecule has 0 N–H and O–H groups in total. The van der Waals surface area contributed by atoms with Crippen LogP contribution in [0.2, 0.25) is 0 Å². The molecule has 0 saturated heterocycles. The minimum atomic E-state index is -0.358. The van der Waals surface area contributed by atoms with Gasteiger partial charge in [-0.1, -0.05) is 60.7 Å². The highest BCUT2D eigenvalue weighted by Crippen LogP contribution is 2.39. The van der Waals surface area contributed by atoms with Gasteiger partial charge in [-0.3, -0.25) is 4.79 Å². The van der Waals surface area contributed by atoms with Crippen molar-refractivity contribution in [2.24, 2.45) is 10.9 Å². The lowest BCUT2D eigenvalue weighted by Gasteiger charge is -2.44. The van der Waals surface area contributed by atoms with Gasteiger partial charge in [0.15, 0.2) is 0 Å². The van der Waals surface area contributed by atoms with Gasteiger partial charge in [-0.25, -0.2) is 4.99 Å². The Bertz CT molecular complexity index is 966. The number of hydrogen-bond donors (Lipinski definition) is 0. The van der Waals surface area contributed by atoms with Crippen molar-refractivity contribution >= 4 is 12.0 Å². The topological polar surface area (TPSA) is 69.6 Å². The molecule has 1 heterocycles. The summed E-state index contributed by atoms with van der Waals surface area (Å²) in [5.41, 5.74) is 2.15. The first kappa shape index (κ1) is 24.2. The predicted molar refractivity (Wildman–Crippen MR) is 129 cm³/mol. The van der Waals surface area contributed by atoms with Crippen molar-refractivity contribution in [1.82, 2.24) is 4.90 Å². The Morgan fingerprint density at radius 1 is 1.00 bits per heavy atom. The molecule has 7 nitrogen and oxygen atoms in total. The summed E-state index contributed by atoms with van der Waals surface area (Å²) in [6.07, 6.45) is -0.548. The Labute approximate surface area is 201 Å².